The van der Waals surface area contributed by atoms with Crippen molar-refractivity contribution in [2.24, 2.45) is 5.73 Å². The van der Waals surface area contributed by atoms with Crippen LogP contribution in [-0.4, -0.2) is 42.0 Å². The summed E-state index contributed by atoms with van der Waals surface area (Å²) in [6, 6.07) is 1.28. The van der Waals surface area contributed by atoms with Gasteiger partial charge in [0.2, 0.25) is 5.91 Å². The topological polar surface area (TPSA) is 82.2 Å². The second-order valence-corrected chi connectivity index (χ2v) is 3.48. The van der Waals surface area contributed by atoms with E-state index in [2.05, 4.69) is 10.4 Å². The lowest BCUT2D eigenvalue weighted by atomic mass is 10.3. The number of hydrogen-bond acceptors (Lipinski definition) is 4. The summed E-state index contributed by atoms with van der Waals surface area (Å²) in [7, 11) is 1.52. The molecule has 0 aliphatic carbocycles. The van der Waals surface area contributed by atoms with Gasteiger partial charge in [0.15, 0.2) is 0 Å². The standard InChI is InChI=1S/C10H18N4O2/c1-16-8-9(11)10(15)12-4-2-6-14-7-3-5-13-14/h3,5,7,9H,2,4,6,8,11H2,1H3,(H,12,15). The summed E-state index contributed by atoms with van der Waals surface area (Å²) in [6.07, 6.45) is 4.44. The molecular formula is C10H18N4O2. The molecule has 16 heavy (non-hydrogen) atoms. The van der Waals surface area contributed by atoms with Crippen molar-refractivity contribution in [2.75, 3.05) is 20.3 Å². The maximum atomic E-state index is 11.4. The third kappa shape index (κ3) is 4.41. The fraction of sp³-hybridized carbons (Fsp3) is 0.600. The highest BCUT2D eigenvalue weighted by Crippen LogP contribution is 1.88. The molecule has 0 radical (unpaired) electrons. The van der Waals surface area contributed by atoms with Crippen LogP contribution in [0.15, 0.2) is 18.5 Å². The lowest BCUT2D eigenvalue weighted by Crippen LogP contribution is -2.43. The molecule has 1 aromatic heterocycles. The van der Waals surface area contributed by atoms with E-state index in [-0.39, 0.29) is 12.5 Å². The van der Waals surface area contributed by atoms with E-state index in [0.29, 0.717) is 6.54 Å². The van der Waals surface area contributed by atoms with Crippen molar-refractivity contribution in [2.45, 2.75) is 19.0 Å². The van der Waals surface area contributed by atoms with Gasteiger partial charge in [-0.15, -0.1) is 0 Å². The largest absolute Gasteiger partial charge is 0.383 e. The van der Waals surface area contributed by atoms with Crippen molar-refractivity contribution < 1.29 is 9.53 Å². The van der Waals surface area contributed by atoms with E-state index >= 15 is 0 Å². The van der Waals surface area contributed by atoms with Crippen molar-refractivity contribution in [3.8, 4) is 0 Å². The second-order valence-electron chi connectivity index (χ2n) is 3.48. The number of carbonyl (C=O) groups is 1. The summed E-state index contributed by atoms with van der Waals surface area (Å²) in [4.78, 5) is 11.4. The average molecular weight is 226 g/mol. The smallest absolute Gasteiger partial charge is 0.239 e. The molecule has 0 aromatic carbocycles. The summed E-state index contributed by atoms with van der Waals surface area (Å²) in [5, 5.41) is 6.80. The number of nitrogens with zero attached hydrogens (tertiary/aromatic N) is 2. The maximum Gasteiger partial charge on any atom is 0.239 e. The quantitative estimate of drug-likeness (QED) is 0.606. The minimum atomic E-state index is -0.588. The van der Waals surface area contributed by atoms with Gasteiger partial charge in [-0.25, -0.2) is 0 Å². The first-order valence-electron chi connectivity index (χ1n) is 5.23. The van der Waals surface area contributed by atoms with Crippen molar-refractivity contribution in [1.82, 2.24) is 15.1 Å². The lowest BCUT2D eigenvalue weighted by molar-refractivity contribution is -0.123. The number of methoxy groups -OCH3 is 1. The van der Waals surface area contributed by atoms with Crippen molar-refractivity contribution >= 4 is 5.91 Å². The Balaban J connectivity index is 2.08. The first kappa shape index (κ1) is 12.7. The molecule has 1 unspecified atom stereocenters. The maximum absolute atomic E-state index is 11.4. The average Bonchev–Trinajstić information content (AvgIpc) is 2.77. The normalized spacial score (nSPS) is 12.4. The zero-order valence-corrected chi connectivity index (χ0v) is 9.43. The highest BCUT2D eigenvalue weighted by Gasteiger charge is 2.11. The summed E-state index contributed by atoms with van der Waals surface area (Å²) in [5.41, 5.74) is 5.55. The minimum absolute atomic E-state index is 0.178. The highest BCUT2D eigenvalue weighted by atomic mass is 16.5. The monoisotopic (exact) mass is 226 g/mol. The van der Waals surface area contributed by atoms with Crippen LogP contribution in [0.25, 0.3) is 0 Å². The number of ether oxygens (including phenoxy) is 1. The molecule has 1 amide bonds. The van der Waals surface area contributed by atoms with Crippen LogP contribution in [0.3, 0.4) is 0 Å². The molecular weight excluding hydrogens is 208 g/mol. The molecule has 0 bridgehead atoms. The predicted molar refractivity (Wildman–Crippen MR) is 59.7 cm³/mol. The van der Waals surface area contributed by atoms with Gasteiger partial charge in [0, 0.05) is 32.6 Å². The van der Waals surface area contributed by atoms with Gasteiger partial charge in [0.1, 0.15) is 6.04 Å². The van der Waals surface area contributed by atoms with E-state index < -0.39 is 6.04 Å². The van der Waals surface area contributed by atoms with Crippen molar-refractivity contribution in [1.29, 1.82) is 0 Å². The number of aromatic nitrogens is 2. The fourth-order valence-corrected chi connectivity index (χ4v) is 1.27. The Hall–Kier alpha value is -1.40. The summed E-state index contributed by atoms with van der Waals surface area (Å²) in [6.45, 7) is 1.62. The molecule has 0 spiro atoms. The zero-order valence-electron chi connectivity index (χ0n) is 9.43. The Morgan fingerprint density at radius 3 is 3.12 bits per heavy atom. The predicted octanol–water partition coefficient (Wildman–Crippen LogP) is -0.637. The van der Waals surface area contributed by atoms with E-state index in [9.17, 15) is 4.79 Å². The van der Waals surface area contributed by atoms with Crippen LogP contribution in [-0.2, 0) is 16.1 Å². The molecule has 3 N–H and O–H groups in total. The molecule has 0 aliphatic rings. The Bertz CT molecular complexity index is 300. The number of amides is 1. The number of rotatable bonds is 7. The van der Waals surface area contributed by atoms with Crippen LogP contribution in [0.2, 0.25) is 0 Å². The number of nitrogens with one attached hydrogen (secondary N) is 1. The van der Waals surface area contributed by atoms with Crippen LogP contribution in [0.1, 0.15) is 6.42 Å². The van der Waals surface area contributed by atoms with E-state index in [4.69, 9.17) is 10.5 Å². The molecule has 1 rings (SSSR count). The Morgan fingerprint density at radius 1 is 1.69 bits per heavy atom. The fourth-order valence-electron chi connectivity index (χ4n) is 1.27. The SMILES string of the molecule is COCC(N)C(=O)NCCCn1cccn1. The Kier molecular flexibility index (Phi) is 5.52. The number of aryl methyl sites for hydroxylation is 1. The molecule has 0 saturated heterocycles. The van der Waals surface area contributed by atoms with Crippen LogP contribution in [0.5, 0.6) is 0 Å². The Morgan fingerprint density at radius 2 is 2.50 bits per heavy atom. The third-order valence-electron chi connectivity index (χ3n) is 2.11. The third-order valence-corrected chi connectivity index (χ3v) is 2.11. The van der Waals surface area contributed by atoms with E-state index in [1.807, 2.05) is 16.9 Å². The lowest BCUT2D eigenvalue weighted by Gasteiger charge is -2.10. The number of nitrogens with two attached hydrogens (primary N) is 1. The number of carbonyl (C=O) groups excluding carboxylic acids is 1. The van der Waals surface area contributed by atoms with Crippen molar-refractivity contribution in [3.05, 3.63) is 18.5 Å². The van der Waals surface area contributed by atoms with Gasteiger partial charge in [0.05, 0.1) is 6.61 Å². The van der Waals surface area contributed by atoms with E-state index in [1.165, 1.54) is 7.11 Å². The number of hydrogen-bond donors (Lipinski definition) is 2. The van der Waals surface area contributed by atoms with Crippen LogP contribution >= 0.6 is 0 Å². The first-order chi connectivity index (χ1) is 7.74. The van der Waals surface area contributed by atoms with Gasteiger partial charge < -0.3 is 15.8 Å². The van der Waals surface area contributed by atoms with E-state index in [1.54, 1.807) is 6.20 Å². The molecule has 6 heteroatoms. The summed E-state index contributed by atoms with van der Waals surface area (Å²) < 4.78 is 6.61. The van der Waals surface area contributed by atoms with Crippen LogP contribution in [0.4, 0.5) is 0 Å². The van der Waals surface area contributed by atoms with Gasteiger partial charge in [-0.1, -0.05) is 0 Å². The van der Waals surface area contributed by atoms with E-state index in [0.717, 1.165) is 13.0 Å². The first-order valence-corrected chi connectivity index (χ1v) is 5.23. The minimum Gasteiger partial charge on any atom is -0.383 e. The van der Waals surface area contributed by atoms with Crippen LogP contribution < -0.4 is 11.1 Å². The Labute approximate surface area is 94.8 Å². The molecule has 6 nitrogen and oxygen atoms in total. The summed E-state index contributed by atoms with van der Waals surface area (Å²) in [5.74, 6) is -0.178. The van der Waals surface area contributed by atoms with Gasteiger partial charge >= 0.3 is 0 Å². The molecule has 0 fully saturated rings. The second kappa shape index (κ2) is 6.97. The van der Waals surface area contributed by atoms with Gasteiger partial charge in [-0.05, 0) is 12.5 Å². The molecule has 90 valence electrons. The van der Waals surface area contributed by atoms with Crippen LogP contribution in [0, 0.1) is 0 Å². The zero-order chi connectivity index (χ0) is 11.8. The molecule has 0 aliphatic heterocycles. The van der Waals surface area contributed by atoms with Gasteiger partial charge in [-0.3, -0.25) is 9.48 Å². The van der Waals surface area contributed by atoms with Gasteiger partial charge in [-0.2, -0.15) is 5.10 Å². The molecule has 0 saturated carbocycles. The van der Waals surface area contributed by atoms with Gasteiger partial charge in [0.25, 0.3) is 0 Å². The molecule has 1 aromatic rings. The highest BCUT2D eigenvalue weighted by molar-refractivity contribution is 5.81. The molecule has 1 atom stereocenters. The van der Waals surface area contributed by atoms with Crippen molar-refractivity contribution in [3.63, 3.8) is 0 Å². The summed E-state index contributed by atoms with van der Waals surface area (Å²) >= 11 is 0. The molecule has 1 heterocycles.